The first-order valence-corrected chi connectivity index (χ1v) is 14.8. The lowest BCUT2D eigenvalue weighted by Crippen LogP contribution is -1.97. The van der Waals surface area contributed by atoms with E-state index in [-0.39, 0.29) is 0 Å². The molecule has 8 rings (SSSR count). The number of allylic oxidation sites excluding steroid dienone is 2. The second-order valence-corrected chi connectivity index (χ2v) is 11.2. The lowest BCUT2D eigenvalue weighted by molar-refractivity contribution is 0.606. The zero-order chi connectivity index (χ0) is 29.6. The molecule has 1 aliphatic rings. The molecule has 0 radical (unpaired) electrons. The van der Waals surface area contributed by atoms with E-state index in [2.05, 4.69) is 134 Å². The molecule has 0 atom stereocenters. The number of anilines is 1. The SMILES string of the molecule is C=C/C=C\c1oc2ccc(-c3cccc(-c4ccc5c(c4)-c4ccccc4-c4ccccc4-c4ccccc4-5)c3)cc2c1N. The van der Waals surface area contributed by atoms with E-state index in [9.17, 15) is 0 Å². The van der Waals surface area contributed by atoms with Crippen molar-refractivity contribution in [3.8, 4) is 66.8 Å². The molecular formula is C42H29NO. The minimum absolute atomic E-state index is 0.637. The van der Waals surface area contributed by atoms with Crippen LogP contribution < -0.4 is 5.73 Å². The molecule has 0 saturated carbocycles. The Hall–Kier alpha value is -5.86. The van der Waals surface area contributed by atoms with Gasteiger partial charge < -0.3 is 10.2 Å². The Labute approximate surface area is 257 Å². The van der Waals surface area contributed by atoms with Crippen LogP contribution in [-0.2, 0) is 0 Å². The number of hydrogen-bond donors (Lipinski definition) is 1. The summed E-state index contributed by atoms with van der Waals surface area (Å²) < 4.78 is 5.97. The van der Waals surface area contributed by atoms with Crippen LogP contribution in [0.15, 0.2) is 157 Å². The summed E-state index contributed by atoms with van der Waals surface area (Å²) in [6.07, 6.45) is 5.39. The second kappa shape index (κ2) is 10.4. The standard InChI is InChI=1S/C42H29NO/c1-2-3-19-41-42(43)39-26-30(21-23-40(39)44-41)28-12-10-11-27(24-28)29-20-22-37-35-17-7-6-15-33(35)31-13-4-5-14-32(31)34-16-8-9-18-36(34)38(37)25-29/h2-26H,1,43H2/b19-3-,33-31?,34-32?,37-35?,38-36?. The lowest BCUT2D eigenvalue weighted by atomic mass is 9.80. The van der Waals surface area contributed by atoms with E-state index in [1.54, 1.807) is 6.08 Å². The van der Waals surface area contributed by atoms with Crippen LogP contribution in [0.3, 0.4) is 0 Å². The summed E-state index contributed by atoms with van der Waals surface area (Å²) in [5.74, 6) is 0.649. The van der Waals surface area contributed by atoms with Crippen LogP contribution in [0.25, 0.3) is 83.8 Å². The zero-order valence-electron chi connectivity index (χ0n) is 24.1. The number of nitrogens with two attached hydrogens (primary N) is 1. The van der Waals surface area contributed by atoms with Crippen molar-refractivity contribution < 1.29 is 4.42 Å². The normalized spacial score (nSPS) is 11.7. The first-order chi connectivity index (χ1) is 21.7. The summed E-state index contributed by atoms with van der Waals surface area (Å²) in [6, 6.07) is 48.1. The number of hydrogen-bond acceptors (Lipinski definition) is 2. The maximum atomic E-state index is 6.46. The molecular weight excluding hydrogens is 534 g/mol. The van der Waals surface area contributed by atoms with E-state index in [4.69, 9.17) is 10.2 Å². The number of furan rings is 1. The van der Waals surface area contributed by atoms with Crippen LogP contribution in [-0.4, -0.2) is 0 Å². The molecule has 1 heterocycles. The zero-order valence-corrected chi connectivity index (χ0v) is 24.1. The van der Waals surface area contributed by atoms with Crippen LogP contribution in [0.5, 0.6) is 0 Å². The molecule has 208 valence electrons. The lowest BCUT2D eigenvalue weighted by Gasteiger charge is -2.23. The van der Waals surface area contributed by atoms with Gasteiger partial charge >= 0.3 is 0 Å². The van der Waals surface area contributed by atoms with Gasteiger partial charge in [-0.05, 0) is 97.1 Å². The fraction of sp³-hybridized carbons (Fsp3) is 0. The van der Waals surface area contributed by atoms with Gasteiger partial charge in [0.2, 0.25) is 0 Å². The van der Waals surface area contributed by atoms with Gasteiger partial charge in [-0.15, -0.1) is 0 Å². The molecule has 0 spiro atoms. The Kier molecular flexibility index (Phi) is 6.13. The summed E-state index contributed by atoms with van der Waals surface area (Å²) >= 11 is 0. The minimum Gasteiger partial charge on any atom is -0.454 e. The fourth-order valence-electron chi connectivity index (χ4n) is 6.51. The third-order valence-electron chi connectivity index (χ3n) is 8.63. The number of benzene rings is 6. The molecule has 44 heavy (non-hydrogen) atoms. The van der Waals surface area contributed by atoms with Gasteiger partial charge in [0.25, 0.3) is 0 Å². The molecule has 0 bridgehead atoms. The van der Waals surface area contributed by atoms with Gasteiger partial charge in [0.1, 0.15) is 5.58 Å². The minimum atomic E-state index is 0.637. The monoisotopic (exact) mass is 563 g/mol. The smallest absolute Gasteiger partial charge is 0.151 e. The van der Waals surface area contributed by atoms with Crippen LogP contribution >= 0.6 is 0 Å². The van der Waals surface area contributed by atoms with E-state index in [1.807, 2.05) is 18.2 Å². The molecule has 0 fully saturated rings. The molecule has 0 unspecified atom stereocenters. The summed E-state index contributed by atoms with van der Waals surface area (Å²) in [4.78, 5) is 0. The van der Waals surface area contributed by atoms with Gasteiger partial charge in [-0.1, -0.05) is 128 Å². The largest absolute Gasteiger partial charge is 0.454 e. The van der Waals surface area contributed by atoms with Gasteiger partial charge in [0, 0.05) is 5.39 Å². The van der Waals surface area contributed by atoms with Crippen LogP contribution in [0.4, 0.5) is 5.69 Å². The fourth-order valence-corrected chi connectivity index (χ4v) is 6.51. The highest BCUT2D eigenvalue weighted by atomic mass is 16.3. The van der Waals surface area contributed by atoms with Crippen molar-refractivity contribution >= 4 is 22.7 Å². The van der Waals surface area contributed by atoms with Crippen LogP contribution in [0.2, 0.25) is 0 Å². The molecule has 6 aromatic carbocycles. The van der Waals surface area contributed by atoms with Crippen molar-refractivity contribution in [1.29, 1.82) is 0 Å². The van der Waals surface area contributed by atoms with Crippen molar-refractivity contribution in [3.05, 3.63) is 158 Å². The second-order valence-electron chi connectivity index (χ2n) is 11.2. The molecule has 0 saturated heterocycles. The Morgan fingerprint density at radius 3 is 1.52 bits per heavy atom. The molecule has 1 aromatic heterocycles. The average molecular weight is 564 g/mol. The van der Waals surface area contributed by atoms with Gasteiger partial charge in [-0.2, -0.15) is 0 Å². The van der Waals surface area contributed by atoms with E-state index in [0.717, 1.165) is 27.7 Å². The predicted octanol–water partition coefficient (Wildman–Crippen LogP) is 11.5. The highest BCUT2D eigenvalue weighted by Crippen LogP contribution is 2.48. The summed E-state index contributed by atoms with van der Waals surface area (Å²) in [7, 11) is 0. The molecule has 7 aromatic rings. The van der Waals surface area contributed by atoms with Crippen molar-refractivity contribution in [1.82, 2.24) is 0 Å². The quantitative estimate of drug-likeness (QED) is 0.216. The van der Waals surface area contributed by atoms with Crippen molar-refractivity contribution in [2.45, 2.75) is 0 Å². The topological polar surface area (TPSA) is 39.2 Å². The molecule has 0 amide bonds. The molecule has 0 aliphatic heterocycles. The highest BCUT2D eigenvalue weighted by molar-refractivity contribution is 6.04. The molecule has 1 aliphatic carbocycles. The van der Waals surface area contributed by atoms with E-state index in [1.165, 1.54) is 50.1 Å². The predicted molar refractivity (Wildman–Crippen MR) is 186 cm³/mol. The van der Waals surface area contributed by atoms with Gasteiger partial charge in [0.05, 0.1) is 5.69 Å². The Bertz CT molecular complexity index is 2260. The highest BCUT2D eigenvalue weighted by Gasteiger charge is 2.22. The number of nitrogen functional groups attached to an aromatic ring is 1. The maximum absolute atomic E-state index is 6.46. The number of fused-ring (bicyclic) bond motifs is 9. The first kappa shape index (κ1) is 25.8. The third-order valence-corrected chi connectivity index (χ3v) is 8.63. The number of rotatable bonds is 4. The molecule has 2 heteroatoms. The summed E-state index contributed by atoms with van der Waals surface area (Å²) in [6.45, 7) is 3.74. The maximum Gasteiger partial charge on any atom is 0.151 e. The third kappa shape index (κ3) is 4.20. The van der Waals surface area contributed by atoms with Gasteiger partial charge in [-0.3, -0.25) is 0 Å². The summed E-state index contributed by atoms with van der Waals surface area (Å²) in [5.41, 5.74) is 22.4. The summed E-state index contributed by atoms with van der Waals surface area (Å²) in [5, 5.41) is 0.910. The van der Waals surface area contributed by atoms with Gasteiger partial charge in [0.15, 0.2) is 5.76 Å². The molecule has 2 nitrogen and oxygen atoms in total. The Morgan fingerprint density at radius 2 is 0.955 bits per heavy atom. The average Bonchev–Trinajstić information content (AvgIpc) is 3.40. The Morgan fingerprint density at radius 1 is 0.477 bits per heavy atom. The van der Waals surface area contributed by atoms with E-state index < -0.39 is 0 Å². The van der Waals surface area contributed by atoms with Crippen molar-refractivity contribution in [2.24, 2.45) is 0 Å². The van der Waals surface area contributed by atoms with Crippen LogP contribution in [0, 0.1) is 0 Å². The van der Waals surface area contributed by atoms with E-state index in [0.29, 0.717) is 11.4 Å². The Balaban J connectivity index is 1.28. The van der Waals surface area contributed by atoms with Crippen LogP contribution in [0.1, 0.15) is 5.76 Å². The van der Waals surface area contributed by atoms with Crippen molar-refractivity contribution in [2.75, 3.05) is 5.73 Å². The molecule has 2 N–H and O–H groups in total. The van der Waals surface area contributed by atoms with Gasteiger partial charge in [-0.25, -0.2) is 0 Å². The first-order valence-electron chi connectivity index (χ1n) is 14.8. The van der Waals surface area contributed by atoms with E-state index >= 15 is 0 Å². The van der Waals surface area contributed by atoms with Crippen molar-refractivity contribution in [3.63, 3.8) is 0 Å².